The van der Waals surface area contributed by atoms with E-state index < -0.39 is 5.60 Å². The van der Waals surface area contributed by atoms with E-state index in [1.165, 1.54) is 0 Å². The Morgan fingerprint density at radius 1 is 1.57 bits per heavy atom. The van der Waals surface area contributed by atoms with Crippen molar-refractivity contribution in [3.63, 3.8) is 0 Å². The first-order valence-electron chi connectivity index (χ1n) is 4.94. The number of rotatable bonds is 2. The van der Waals surface area contributed by atoms with Crippen molar-refractivity contribution in [1.82, 2.24) is 4.98 Å². The Bertz CT molecular complexity index is 301. The number of hydrogen-bond acceptors (Lipinski definition) is 3. The van der Waals surface area contributed by atoms with E-state index in [0.717, 1.165) is 12.0 Å². The van der Waals surface area contributed by atoms with Gasteiger partial charge in [0.25, 0.3) is 0 Å². The average molecular weight is 193 g/mol. The fourth-order valence-corrected chi connectivity index (χ4v) is 1.86. The average Bonchev–Trinajstić information content (AvgIpc) is 2.48. The Kier molecular flexibility index (Phi) is 2.52. The minimum Gasteiger partial charge on any atom is -0.387 e. The van der Waals surface area contributed by atoms with Crippen LogP contribution in [-0.2, 0) is 11.2 Å². The Hall–Kier alpha value is -0.930. The molecule has 2 heterocycles. The zero-order chi connectivity index (χ0) is 10.0. The first kappa shape index (κ1) is 9.62. The van der Waals surface area contributed by atoms with Gasteiger partial charge in [-0.05, 0) is 24.6 Å². The summed E-state index contributed by atoms with van der Waals surface area (Å²) in [6.07, 6.45) is 4.79. The highest BCUT2D eigenvalue weighted by Crippen LogP contribution is 2.29. The Morgan fingerprint density at radius 3 is 2.86 bits per heavy atom. The lowest BCUT2D eigenvalue weighted by molar-refractivity contribution is -0.0268. The zero-order valence-corrected chi connectivity index (χ0v) is 8.31. The van der Waals surface area contributed by atoms with Crippen molar-refractivity contribution in [3.8, 4) is 0 Å². The monoisotopic (exact) mass is 193 g/mol. The predicted octanol–water partition coefficient (Wildman–Crippen LogP) is 1.16. The van der Waals surface area contributed by atoms with Gasteiger partial charge < -0.3 is 9.84 Å². The van der Waals surface area contributed by atoms with Crippen molar-refractivity contribution in [2.45, 2.75) is 31.5 Å². The van der Waals surface area contributed by atoms with Crippen LogP contribution >= 0.6 is 0 Å². The summed E-state index contributed by atoms with van der Waals surface area (Å²) in [7, 11) is 0. The van der Waals surface area contributed by atoms with E-state index in [1.54, 1.807) is 12.4 Å². The SMILES string of the molecule is CC1OCCC1(O)Cc1ccncc1. The van der Waals surface area contributed by atoms with Gasteiger partial charge in [-0.25, -0.2) is 0 Å². The minimum absolute atomic E-state index is 0.0735. The number of pyridine rings is 1. The topological polar surface area (TPSA) is 42.4 Å². The van der Waals surface area contributed by atoms with Gasteiger partial charge in [0.15, 0.2) is 0 Å². The molecule has 1 aromatic rings. The summed E-state index contributed by atoms with van der Waals surface area (Å²) in [6.45, 7) is 2.58. The first-order valence-corrected chi connectivity index (χ1v) is 4.94. The highest BCUT2D eigenvalue weighted by atomic mass is 16.5. The number of aromatic nitrogens is 1. The molecular formula is C11H15NO2. The second-order valence-corrected chi connectivity index (χ2v) is 3.90. The van der Waals surface area contributed by atoms with Crippen molar-refractivity contribution in [2.75, 3.05) is 6.61 Å². The largest absolute Gasteiger partial charge is 0.387 e. The van der Waals surface area contributed by atoms with Gasteiger partial charge in [0.2, 0.25) is 0 Å². The van der Waals surface area contributed by atoms with E-state index in [2.05, 4.69) is 4.98 Å². The summed E-state index contributed by atoms with van der Waals surface area (Å²) in [5.41, 5.74) is 0.418. The lowest BCUT2D eigenvalue weighted by atomic mass is 9.89. The van der Waals surface area contributed by atoms with Gasteiger partial charge in [-0.15, -0.1) is 0 Å². The molecule has 1 aliphatic heterocycles. The molecule has 1 aliphatic rings. The van der Waals surface area contributed by atoms with Crippen LogP contribution in [0.15, 0.2) is 24.5 Å². The smallest absolute Gasteiger partial charge is 0.0967 e. The van der Waals surface area contributed by atoms with Gasteiger partial charge in [-0.2, -0.15) is 0 Å². The molecule has 0 saturated carbocycles. The Labute approximate surface area is 83.7 Å². The van der Waals surface area contributed by atoms with Gasteiger partial charge in [0.05, 0.1) is 11.7 Å². The maximum absolute atomic E-state index is 10.3. The standard InChI is InChI=1S/C11H15NO2/c1-9-11(13,4-7-14-9)8-10-2-5-12-6-3-10/h2-3,5-6,9,13H,4,7-8H2,1H3. The number of nitrogens with zero attached hydrogens (tertiary/aromatic N) is 1. The molecule has 0 aliphatic carbocycles. The Morgan fingerprint density at radius 2 is 2.29 bits per heavy atom. The molecule has 2 rings (SSSR count). The molecule has 1 fully saturated rings. The van der Waals surface area contributed by atoms with Crippen LogP contribution in [0.2, 0.25) is 0 Å². The minimum atomic E-state index is -0.693. The van der Waals surface area contributed by atoms with E-state index in [0.29, 0.717) is 13.0 Å². The van der Waals surface area contributed by atoms with Crippen molar-refractivity contribution < 1.29 is 9.84 Å². The second-order valence-electron chi connectivity index (χ2n) is 3.90. The van der Waals surface area contributed by atoms with Crippen LogP contribution in [0.1, 0.15) is 18.9 Å². The molecule has 14 heavy (non-hydrogen) atoms. The predicted molar refractivity (Wildman–Crippen MR) is 52.9 cm³/mol. The summed E-state index contributed by atoms with van der Waals surface area (Å²) in [5.74, 6) is 0. The molecule has 0 spiro atoms. The third-order valence-corrected chi connectivity index (χ3v) is 2.92. The second kappa shape index (κ2) is 3.67. The highest BCUT2D eigenvalue weighted by molar-refractivity contribution is 5.14. The highest BCUT2D eigenvalue weighted by Gasteiger charge is 2.39. The molecule has 0 aromatic carbocycles. The van der Waals surface area contributed by atoms with E-state index >= 15 is 0 Å². The van der Waals surface area contributed by atoms with Gasteiger partial charge in [-0.1, -0.05) is 0 Å². The molecule has 0 bridgehead atoms. The van der Waals surface area contributed by atoms with E-state index in [1.807, 2.05) is 19.1 Å². The summed E-state index contributed by atoms with van der Waals surface area (Å²) < 4.78 is 5.38. The molecule has 1 N–H and O–H groups in total. The van der Waals surface area contributed by atoms with Crippen molar-refractivity contribution in [1.29, 1.82) is 0 Å². The van der Waals surface area contributed by atoms with Gasteiger partial charge in [-0.3, -0.25) is 4.98 Å². The van der Waals surface area contributed by atoms with Crippen molar-refractivity contribution in [2.24, 2.45) is 0 Å². The Balaban J connectivity index is 2.10. The first-order chi connectivity index (χ1) is 6.71. The zero-order valence-electron chi connectivity index (χ0n) is 8.31. The maximum atomic E-state index is 10.3. The number of hydrogen-bond donors (Lipinski definition) is 1. The van der Waals surface area contributed by atoms with E-state index in [4.69, 9.17) is 4.74 Å². The van der Waals surface area contributed by atoms with Crippen molar-refractivity contribution >= 4 is 0 Å². The van der Waals surface area contributed by atoms with Crippen LogP contribution in [0.5, 0.6) is 0 Å². The molecular weight excluding hydrogens is 178 g/mol. The van der Waals surface area contributed by atoms with Crippen LogP contribution in [0.4, 0.5) is 0 Å². The quantitative estimate of drug-likeness (QED) is 0.766. The van der Waals surface area contributed by atoms with E-state index in [9.17, 15) is 5.11 Å². The summed E-state index contributed by atoms with van der Waals surface area (Å²) in [5, 5.41) is 10.3. The molecule has 0 radical (unpaired) electrons. The van der Waals surface area contributed by atoms with Crippen LogP contribution in [-0.4, -0.2) is 28.4 Å². The lowest BCUT2D eigenvalue weighted by Gasteiger charge is -2.25. The van der Waals surface area contributed by atoms with Gasteiger partial charge >= 0.3 is 0 Å². The van der Waals surface area contributed by atoms with E-state index in [-0.39, 0.29) is 6.10 Å². The third-order valence-electron chi connectivity index (χ3n) is 2.92. The van der Waals surface area contributed by atoms with Crippen LogP contribution in [0.3, 0.4) is 0 Å². The molecule has 1 saturated heterocycles. The third kappa shape index (κ3) is 1.79. The molecule has 0 amide bonds. The number of ether oxygens (including phenoxy) is 1. The molecule has 3 heteroatoms. The number of aliphatic hydroxyl groups is 1. The van der Waals surface area contributed by atoms with Gasteiger partial charge in [0, 0.05) is 31.8 Å². The summed E-state index contributed by atoms with van der Waals surface area (Å²) >= 11 is 0. The normalized spacial score (nSPS) is 32.0. The molecule has 76 valence electrons. The summed E-state index contributed by atoms with van der Waals surface area (Å²) in [6, 6.07) is 3.87. The van der Waals surface area contributed by atoms with Crippen LogP contribution < -0.4 is 0 Å². The summed E-state index contributed by atoms with van der Waals surface area (Å²) in [4.78, 5) is 3.95. The lowest BCUT2D eigenvalue weighted by Crippen LogP contribution is -2.38. The van der Waals surface area contributed by atoms with Crippen molar-refractivity contribution in [3.05, 3.63) is 30.1 Å². The maximum Gasteiger partial charge on any atom is 0.0967 e. The molecule has 3 nitrogen and oxygen atoms in total. The fraction of sp³-hybridized carbons (Fsp3) is 0.545. The van der Waals surface area contributed by atoms with Crippen LogP contribution in [0, 0.1) is 0 Å². The van der Waals surface area contributed by atoms with Gasteiger partial charge in [0.1, 0.15) is 0 Å². The fourth-order valence-electron chi connectivity index (χ4n) is 1.86. The molecule has 2 atom stereocenters. The van der Waals surface area contributed by atoms with Crippen LogP contribution in [0.25, 0.3) is 0 Å². The molecule has 1 aromatic heterocycles. The molecule has 2 unspecified atom stereocenters.